The van der Waals surface area contributed by atoms with Crippen LogP contribution in [0.1, 0.15) is 20.3 Å². The van der Waals surface area contributed by atoms with Crippen LogP contribution in [0.4, 0.5) is 11.4 Å². The summed E-state index contributed by atoms with van der Waals surface area (Å²) in [5.74, 6) is 0.864. The highest BCUT2D eigenvalue weighted by molar-refractivity contribution is 5.60. The Labute approximate surface area is 116 Å². The van der Waals surface area contributed by atoms with Crippen LogP contribution in [-0.2, 0) is 0 Å². The third-order valence-corrected chi connectivity index (χ3v) is 3.37. The Morgan fingerprint density at radius 3 is 2.63 bits per heavy atom. The first kappa shape index (κ1) is 14.0. The zero-order valence-electron chi connectivity index (χ0n) is 12.2. The summed E-state index contributed by atoms with van der Waals surface area (Å²) in [4.78, 5) is 4.77. The van der Waals surface area contributed by atoms with Crippen molar-refractivity contribution in [1.82, 2.24) is 4.90 Å². The maximum absolute atomic E-state index is 5.99. The molecular formula is C15H25N3O. The van der Waals surface area contributed by atoms with Crippen molar-refractivity contribution in [3.8, 4) is 5.75 Å². The number of rotatable bonds is 3. The van der Waals surface area contributed by atoms with E-state index in [2.05, 4.69) is 22.9 Å². The van der Waals surface area contributed by atoms with Crippen LogP contribution in [0, 0.1) is 0 Å². The minimum absolute atomic E-state index is 0.171. The number of nitrogens with two attached hydrogens (primary N) is 1. The Morgan fingerprint density at radius 2 is 1.89 bits per heavy atom. The van der Waals surface area contributed by atoms with Crippen LogP contribution in [0.3, 0.4) is 0 Å². The molecule has 1 fully saturated rings. The van der Waals surface area contributed by atoms with Gasteiger partial charge in [0, 0.05) is 43.1 Å². The molecule has 1 aromatic carbocycles. The number of hydrogen-bond acceptors (Lipinski definition) is 4. The van der Waals surface area contributed by atoms with Crippen LogP contribution in [-0.4, -0.2) is 44.2 Å². The fourth-order valence-corrected chi connectivity index (χ4v) is 2.43. The van der Waals surface area contributed by atoms with E-state index in [9.17, 15) is 0 Å². The normalized spacial score (nSPS) is 17.6. The lowest BCUT2D eigenvalue weighted by Gasteiger charge is -2.24. The van der Waals surface area contributed by atoms with Crippen LogP contribution >= 0.6 is 0 Å². The highest BCUT2D eigenvalue weighted by Gasteiger charge is 2.14. The summed E-state index contributed by atoms with van der Waals surface area (Å²) in [5, 5.41) is 0. The summed E-state index contributed by atoms with van der Waals surface area (Å²) in [6.45, 7) is 8.44. The van der Waals surface area contributed by atoms with Crippen LogP contribution in [0.15, 0.2) is 18.2 Å². The number of hydrogen-bond donors (Lipinski definition) is 1. The molecule has 0 aliphatic carbocycles. The third-order valence-electron chi connectivity index (χ3n) is 3.37. The van der Waals surface area contributed by atoms with Gasteiger partial charge < -0.3 is 20.3 Å². The van der Waals surface area contributed by atoms with Gasteiger partial charge in [-0.25, -0.2) is 0 Å². The number of likely N-dealkylation sites (N-methyl/N-ethyl adjacent to an activating group) is 1. The van der Waals surface area contributed by atoms with Crippen LogP contribution < -0.4 is 15.4 Å². The number of benzene rings is 1. The highest BCUT2D eigenvalue weighted by atomic mass is 16.5. The number of ether oxygens (including phenoxy) is 1. The molecule has 2 rings (SSSR count). The van der Waals surface area contributed by atoms with Gasteiger partial charge in [0.25, 0.3) is 0 Å². The summed E-state index contributed by atoms with van der Waals surface area (Å²) < 4.78 is 5.76. The SMILES string of the molecule is CC(C)Oc1cc(N)cc(N2CCCN(C)CC2)c1. The topological polar surface area (TPSA) is 41.7 Å². The first-order valence-corrected chi connectivity index (χ1v) is 7.05. The van der Waals surface area contributed by atoms with E-state index in [0.29, 0.717) is 0 Å². The summed E-state index contributed by atoms with van der Waals surface area (Å²) >= 11 is 0. The fraction of sp³-hybridized carbons (Fsp3) is 0.600. The molecular weight excluding hydrogens is 238 g/mol. The van der Waals surface area contributed by atoms with E-state index in [4.69, 9.17) is 10.5 Å². The Hall–Kier alpha value is -1.42. The molecule has 4 nitrogen and oxygen atoms in total. The first-order valence-electron chi connectivity index (χ1n) is 7.05. The summed E-state index contributed by atoms with van der Waals surface area (Å²) in [6, 6.07) is 6.04. The molecule has 4 heteroatoms. The van der Waals surface area contributed by atoms with Crippen molar-refractivity contribution in [3.05, 3.63) is 18.2 Å². The largest absolute Gasteiger partial charge is 0.491 e. The van der Waals surface area contributed by atoms with Gasteiger partial charge in [-0.2, -0.15) is 0 Å². The molecule has 1 saturated heterocycles. The monoisotopic (exact) mass is 263 g/mol. The fourth-order valence-electron chi connectivity index (χ4n) is 2.43. The average Bonchev–Trinajstić information content (AvgIpc) is 2.52. The standard InChI is InChI=1S/C15H25N3O/c1-12(2)19-15-10-13(16)9-14(11-15)18-6-4-5-17(3)7-8-18/h9-12H,4-8,16H2,1-3H3. The lowest BCUT2D eigenvalue weighted by molar-refractivity contribution is 0.242. The Morgan fingerprint density at radius 1 is 1.11 bits per heavy atom. The second-order valence-electron chi connectivity index (χ2n) is 5.57. The van der Waals surface area contributed by atoms with Crippen LogP contribution in [0.2, 0.25) is 0 Å². The van der Waals surface area contributed by atoms with Crippen molar-refractivity contribution < 1.29 is 4.74 Å². The zero-order chi connectivity index (χ0) is 13.8. The number of nitrogen functional groups attached to an aromatic ring is 1. The predicted octanol–water partition coefficient (Wildman–Crippen LogP) is 2.20. The molecule has 0 unspecified atom stereocenters. The van der Waals surface area contributed by atoms with Gasteiger partial charge in [0.05, 0.1) is 6.10 Å². The van der Waals surface area contributed by atoms with Gasteiger partial charge in [-0.3, -0.25) is 0 Å². The molecule has 106 valence electrons. The van der Waals surface area contributed by atoms with E-state index in [1.807, 2.05) is 26.0 Å². The van der Waals surface area contributed by atoms with Crippen molar-refractivity contribution in [1.29, 1.82) is 0 Å². The molecule has 0 aromatic heterocycles. The molecule has 1 heterocycles. The van der Waals surface area contributed by atoms with E-state index in [1.54, 1.807) is 0 Å². The number of nitrogens with zero attached hydrogens (tertiary/aromatic N) is 2. The quantitative estimate of drug-likeness (QED) is 0.849. The molecule has 0 spiro atoms. The molecule has 1 aromatic rings. The third kappa shape index (κ3) is 4.03. The molecule has 0 saturated carbocycles. The van der Waals surface area contributed by atoms with Gasteiger partial charge >= 0.3 is 0 Å². The molecule has 0 atom stereocenters. The maximum atomic E-state index is 5.99. The van der Waals surface area contributed by atoms with Gasteiger partial charge in [0.1, 0.15) is 5.75 Å². The van der Waals surface area contributed by atoms with Gasteiger partial charge in [-0.15, -0.1) is 0 Å². The highest BCUT2D eigenvalue weighted by Crippen LogP contribution is 2.27. The maximum Gasteiger partial charge on any atom is 0.123 e. The lowest BCUT2D eigenvalue weighted by Crippen LogP contribution is -2.28. The zero-order valence-corrected chi connectivity index (χ0v) is 12.2. The molecule has 1 aliphatic rings. The minimum atomic E-state index is 0.171. The van der Waals surface area contributed by atoms with E-state index < -0.39 is 0 Å². The second kappa shape index (κ2) is 6.15. The lowest BCUT2D eigenvalue weighted by atomic mass is 10.2. The Kier molecular flexibility index (Phi) is 4.53. The minimum Gasteiger partial charge on any atom is -0.491 e. The molecule has 2 N–H and O–H groups in total. The van der Waals surface area contributed by atoms with Crippen molar-refractivity contribution in [3.63, 3.8) is 0 Å². The van der Waals surface area contributed by atoms with Gasteiger partial charge in [-0.05, 0) is 39.9 Å². The van der Waals surface area contributed by atoms with E-state index in [0.717, 1.165) is 37.6 Å². The first-order chi connectivity index (χ1) is 9.04. The van der Waals surface area contributed by atoms with Gasteiger partial charge in [-0.1, -0.05) is 0 Å². The van der Waals surface area contributed by atoms with Crippen LogP contribution in [0.25, 0.3) is 0 Å². The molecule has 0 amide bonds. The summed E-state index contributed by atoms with van der Waals surface area (Å²) in [6.07, 6.45) is 1.36. The van der Waals surface area contributed by atoms with Gasteiger partial charge in [0.15, 0.2) is 0 Å². The van der Waals surface area contributed by atoms with Crippen molar-refractivity contribution >= 4 is 11.4 Å². The van der Waals surface area contributed by atoms with E-state index in [1.165, 1.54) is 12.1 Å². The Bertz CT molecular complexity index is 420. The summed E-state index contributed by atoms with van der Waals surface area (Å²) in [7, 11) is 2.18. The Balaban J connectivity index is 2.16. The van der Waals surface area contributed by atoms with E-state index in [-0.39, 0.29) is 6.10 Å². The molecule has 0 bridgehead atoms. The van der Waals surface area contributed by atoms with Crippen molar-refractivity contribution in [2.45, 2.75) is 26.4 Å². The second-order valence-corrected chi connectivity index (χ2v) is 5.57. The molecule has 0 radical (unpaired) electrons. The van der Waals surface area contributed by atoms with Crippen molar-refractivity contribution in [2.24, 2.45) is 0 Å². The molecule has 1 aliphatic heterocycles. The predicted molar refractivity (Wildman–Crippen MR) is 80.9 cm³/mol. The van der Waals surface area contributed by atoms with Crippen LogP contribution in [0.5, 0.6) is 5.75 Å². The summed E-state index contributed by atoms with van der Waals surface area (Å²) in [5.41, 5.74) is 7.93. The molecule has 19 heavy (non-hydrogen) atoms. The smallest absolute Gasteiger partial charge is 0.123 e. The number of anilines is 2. The van der Waals surface area contributed by atoms with Gasteiger partial charge in [0.2, 0.25) is 0 Å². The average molecular weight is 263 g/mol. The van der Waals surface area contributed by atoms with E-state index >= 15 is 0 Å². The van der Waals surface area contributed by atoms with Crippen molar-refractivity contribution in [2.75, 3.05) is 43.9 Å².